The van der Waals surface area contributed by atoms with Crippen molar-refractivity contribution >= 4 is 5.97 Å². The first-order chi connectivity index (χ1) is 8.81. The Balaban J connectivity index is 2.18. The predicted molar refractivity (Wildman–Crippen MR) is 77.7 cm³/mol. The molecule has 4 unspecified atom stereocenters. The SMILES string of the molecule is CC(=O)OC1CC=C(C)CCC2C(CC2(C)C)C1C. The summed E-state index contributed by atoms with van der Waals surface area (Å²) >= 11 is 0. The van der Waals surface area contributed by atoms with Crippen LogP contribution in [-0.4, -0.2) is 12.1 Å². The first-order valence-corrected chi connectivity index (χ1v) is 7.64. The highest BCUT2D eigenvalue weighted by Crippen LogP contribution is 2.57. The van der Waals surface area contributed by atoms with Crippen molar-refractivity contribution in [3.05, 3.63) is 11.6 Å². The normalized spacial score (nSPS) is 37.8. The molecule has 108 valence electrons. The molecule has 0 heterocycles. The van der Waals surface area contributed by atoms with E-state index in [1.54, 1.807) is 0 Å². The highest BCUT2D eigenvalue weighted by atomic mass is 16.5. The van der Waals surface area contributed by atoms with Gasteiger partial charge < -0.3 is 4.74 Å². The molecule has 0 aromatic carbocycles. The monoisotopic (exact) mass is 264 g/mol. The highest BCUT2D eigenvalue weighted by Gasteiger charge is 2.50. The summed E-state index contributed by atoms with van der Waals surface area (Å²) in [5.41, 5.74) is 1.91. The van der Waals surface area contributed by atoms with Gasteiger partial charge in [-0.1, -0.05) is 32.4 Å². The van der Waals surface area contributed by atoms with Gasteiger partial charge in [-0.25, -0.2) is 0 Å². The zero-order valence-electron chi connectivity index (χ0n) is 13.0. The van der Waals surface area contributed by atoms with Crippen LogP contribution in [0.15, 0.2) is 11.6 Å². The molecule has 0 saturated heterocycles. The van der Waals surface area contributed by atoms with Gasteiger partial charge in [-0.2, -0.15) is 0 Å². The van der Waals surface area contributed by atoms with Crippen LogP contribution in [-0.2, 0) is 9.53 Å². The van der Waals surface area contributed by atoms with Crippen molar-refractivity contribution in [2.75, 3.05) is 0 Å². The lowest BCUT2D eigenvalue weighted by Crippen LogP contribution is -2.49. The van der Waals surface area contributed by atoms with Gasteiger partial charge in [-0.15, -0.1) is 0 Å². The van der Waals surface area contributed by atoms with Gasteiger partial charge in [0.25, 0.3) is 0 Å². The highest BCUT2D eigenvalue weighted by molar-refractivity contribution is 5.66. The molecule has 2 nitrogen and oxygen atoms in total. The summed E-state index contributed by atoms with van der Waals surface area (Å²) in [5.74, 6) is 1.84. The summed E-state index contributed by atoms with van der Waals surface area (Å²) < 4.78 is 5.58. The Kier molecular flexibility index (Phi) is 4.08. The Morgan fingerprint density at radius 2 is 2.11 bits per heavy atom. The van der Waals surface area contributed by atoms with E-state index in [2.05, 4.69) is 33.8 Å². The van der Waals surface area contributed by atoms with Crippen LogP contribution in [0.4, 0.5) is 0 Å². The van der Waals surface area contributed by atoms with Gasteiger partial charge in [0.15, 0.2) is 0 Å². The molecule has 0 N–H and O–H groups in total. The largest absolute Gasteiger partial charge is 0.462 e. The molecule has 2 aliphatic carbocycles. The number of carbonyl (C=O) groups excluding carboxylic acids is 1. The van der Waals surface area contributed by atoms with Crippen LogP contribution in [0, 0.1) is 23.2 Å². The molecule has 0 bridgehead atoms. The lowest BCUT2D eigenvalue weighted by atomic mass is 9.50. The van der Waals surface area contributed by atoms with Gasteiger partial charge >= 0.3 is 5.97 Å². The van der Waals surface area contributed by atoms with Gasteiger partial charge in [-0.3, -0.25) is 4.79 Å². The number of esters is 1. The average Bonchev–Trinajstić information content (AvgIpc) is 2.33. The number of hydrogen-bond donors (Lipinski definition) is 0. The Labute approximate surface area is 117 Å². The van der Waals surface area contributed by atoms with Crippen molar-refractivity contribution in [3.8, 4) is 0 Å². The lowest BCUT2D eigenvalue weighted by Gasteiger charge is -2.55. The predicted octanol–water partition coefficient (Wildman–Crippen LogP) is 4.35. The van der Waals surface area contributed by atoms with E-state index in [1.165, 1.54) is 31.8 Å². The fourth-order valence-corrected chi connectivity index (χ4v) is 4.14. The number of ether oxygens (including phenoxy) is 1. The minimum atomic E-state index is -0.141. The zero-order valence-corrected chi connectivity index (χ0v) is 13.0. The van der Waals surface area contributed by atoms with E-state index >= 15 is 0 Å². The molecule has 2 heteroatoms. The Bertz CT molecular complexity index is 381. The van der Waals surface area contributed by atoms with E-state index in [0.717, 1.165) is 18.3 Å². The van der Waals surface area contributed by atoms with Crippen LogP contribution in [0.2, 0.25) is 0 Å². The molecular weight excluding hydrogens is 236 g/mol. The molecule has 0 amide bonds. The van der Waals surface area contributed by atoms with Crippen LogP contribution in [0.25, 0.3) is 0 Å². The van der Waals surface area contributed by atoms with Crippen molar-refractivity contribution in [1.82, 2.24) is 0 Å². The summed E-state index contributed by atoms with van der Waals surface area (Å²) in [6.07, 6.45) is 6.99. The summed E-state index contributed by atoms with van der Waals surface area (Å²) in [6.45, 7) is 10.8. The number of rotatable bonds is 1. The van der Waals surface area contributed by atoms with Crippen LogP contribution < -0.4 is 0 Å². The smallest absolute Gasteiger partial charge is 0.302 e. The van der Waals surface area contributed by atoms with Crippen LogP contribution in [0.5, 0.6) is 0 Å². The maximum absolute atomic E-state index is 11.3. The third-order valence-electron chi connectivity index (χ3n) is 5.41. The summed E-state index contributed by atoms with van der Waals surface area (Å²) in [6, 6.07) is 0. The molecule has 1 saturated carbocycles. The topological polar surface area (TPSA) is 26.3 Å². The summed E-state index contributed by atoms with van der Waals surface area (Å²) in [5, 5.41) is 0. The standard InChI is InChI=1S/C17H28O2/c1-11-6-8-15-14(10-17(15,4)5)12(2)16(9-7-11)19-13(3)18/h7,12,14-16H,6,8-10H2,1-5H3. The molecule has 0 radical (unpaired) electrons. The van der Waals surface area contributed by atoms with E-state index in [1.807, 2.05) is 0 Å². The Morgan fingerprint density at radius 3 is 2.68 bits per heavy atom. The van der Waals surface area contributed by atoms with Crippen LogP contribution >= 0.6 is 0 Å². The van der Waals surface area contributed by atoms with E-state index in [-0.39, 0.29) is 12.1 Å². The van der Waals surface area contributed by atoms with E-state index < -0.39 is 0 Å². The minimum absolute atomic E-state index is 0.0640. The fourth-order valence-electron chi connectivity index (χ4n) is 4.14. The van der Waals surface area contributed by atoms with Crippen LogP contribution in [0.1, 0.15) is 60.3 Å². The molecule has 0 aromatic heterocycles. The maximum atomic E-state index is 11.3. The molecule has 0 aliphatic heterocycles. The molecule has 0 aromatic rings. The van der Waals surface area contributed by atoms with E-state index in [4.69, 9.17) is 4.74 Å². The number of fused-ring (bicyclic) bond motifs is 1. The van der Waals surface area contributed by atoms with Crippen LogP contribution in [0.3, 0.4) is 0 Å². The first-order valence-electron chi connectivity index (χ1n) is 7.64. The van der Waals surface area contributed by atoms with E-state index in [0.29, 0.717) is 11.3 Å². The van der Waals surface area contributed by atoms with Gasteiger partial charge in [0.1, 0.15) is 6.10 Å². The molecule has 1 fully saturated rings. The fraction of sp³-hybridized carbons (Fsp3) is 0.824. The van der Waals surface area contributed by atoms with Gasteiger partial charge in [-0.05, 0) is 49.4 Å². The van der Waals surface area contributed by atoms with E-state index in [9.17, 15) is 4.79 Å². The molecular formula is C17H28O2. The minimum Gasteiger partial charge on any atom is -0.462 e. The molecule has 4 atom stereocenters. The molecule has 19 heavy (non-hydrogen) atoms. The number of hydrogen-bond acceptors (Lipinski definition) is 2. The van der Waals surface area contributed by atoms with Crippen molar-refractivity contribution in [1.29, 1.82) is 0 Å². The van der Waals surface area contributed by atoms with Crippen molar-refractivity contribution in [2.24, 2.45) is 23.2 Å². The lowest BCUT2D eigenvalue weighted by molar-refractivity contribution is -0.154. The quantitative estimate of drug-likeness (QED) is 0.520. The van der Waals surface area contributed by atoms with Gasteiger partial charge in [0.2, 0.25) is 0 Å². The summed E-state index contributed by atoms with van der Waals surface area (Å²) in [4.78, 5) is 11.3. The van der Waals surface area contributed by atoms with Gasteiger partial charge in [0, 0.05) is 13.3 Å². The number of carbonyl (C=O) groups is 1. The Morgan fingerprint density at radius 1 is 1.42 bits per heavy atom. The van der Waals surface area contributed by atoms with Crippen molar-refractivity contribution < 1.29 is 9.53 Å². The maximum Gasteiger partial charge on any atom is 0.302 e. The van der Waals surface area contributed by atoms with Crippen molar-refractivity contribution in [2.45, 2.75) is 66.4 Å². The summed E-state index contributed by atoms with van der Waals surface area (Å²) in [7, 11) is 0. The second-order valence-electron chi connectivity index (χ2n) is 7.29. The molecule has 0 spiro atoms. The second-order valence-corrected chi connectivity index (χ2v) is 7.29. The second kappa shape index (κ2) is 5.30. The average molecular weight is 264 g/mol. The van der Waals surface area contributed by atoms with Crippen molar-refractivity contribution in [3.63, 3.8) is 0 Å². The third-order valence-corrected chi connectivity index (χ3v) is 5.41. The first kappa shape index (κ1) is 14.6. The molecule has 2 aliphatic rings. The number of allylic oxidation sites excluding steroid dienone is 1. The molecule has 2 rings (SSSR count). The zero-order chi connectivity index (χ0) is 14.2. The van der Waals surface area contributed by atoms with Gasteiger partial charge in [0.05, 0.1) is 0 Å². The third kappa shape index (κ3) is 3.04. The Hall–Kier alpha value is -0.790.